The van der Waals surface area contributed by atoms with Gasteiger partial charge in [-0.1, -0.05) is 6.07 Å². The smallest absolute Gasteiger partial charge is 0.257 e. The molecule has 1 heterocycles. The van der Waals surface area contributed by atoms with Crippen LogP contribution >= 0.6 is 0 Å². The Morgan fingerprint density at radius 1 is 1.39 bits per heavy atom. The van der Waals surface area contributed by atoms with E-state index in [9.17, 15) is 13.6 Å². The molecule has 0 aliphatic carbocycles. The standard InChI is InChI=1S/C13H16F2N2O/c1-13(2)8-16-6-7-17(13)12(18)9-4-3-5-10(14)11(9)15/h3-5,16H,6-8H2,1-2H3. The molecule has 1 fully saturated rings. The van der Waals surface area contributed by atoms with Crippen LogP contribution in [0.2, 0.25) is 0 Å². The van der Waals surface area contributed by atoms with Crippen molar-refractivity contribution in [1.82, 2.24) is 10.2 Å². The number of halogens is 2. The molecule has 0 radical (unpaired) electrons. The highest BCUT2D eigenvalue weighted by Gasteiger charge is 2.34. The van der Waals surface area contributed by atoms with Crippen LogP contribution in [0.25, 0.3) is 0 Å². The Bertz CT molecular complexity index is 474. The summed E-state index contributed by atoms with van der Waals surface area (Å²) in [6, 6.07) is 3.68. The van der Waals surface area contributed by atoms with Crippen LogP contribution in [0.15, 0.2) is 18.2 Å². The lowest BCUT2D eigenvalue weighted by molar-refractivity contribution is 0.0472. The van der Waals surface area contributed by atoms with Crippen molar-refractivity contribution in [3.8, 4) is 0 Å². The number of rotatable bonds is 1. The summed E-state index contributed by atoms with van der Waals surface area (Å²) in [6.45, 7) is 5.58. The van der Waals surface area contributed by atoms with Gasteiger partial charge in [0.2, 0.25) is 0 Å². The first-order valence-electron chi connectivity index (χ1n) is 5.90. The predicted octanol–water partition coefficient (Wildman–Crippen LogP) is 1.79. The second kappa shape index (κ2) is 4.65. The molecule has 1 aliphatic rings. The normalized spacial score (nSPS) is 18.8. The van der Waals surface area contributed by atoms with Crippen molar-refractivity contribution in [2.45, 2.75) is 19.4 Å². The minimum absolute atomic E-state index is 0.204. The lowest BCUT2D eigenvalue weighted by Gasteiger charge is -2.42. The van der Waals surface area contributed by atoms with Gasteiger partial charge in [-0.15, -0.1) is 0 Å². The van der Waals surface area contributed by atoms with Crippen molar-refractivity contribution in [3.05, 3.63) is 35.4 Å². The largest absolute Gasteiger partial charge is 0.331 e. The first-order chi connectivity index (χ1) is 8.43. The number of carbonyl (C=O) groups is 1. The van der Waals surface area contributed by atoms with E-state index in [1.165, 1.54) is 12.1 Å². The number of benzene rings is 1. The third-order valence-corrected chi connectivity index (χ3v) is 3.23. The lowest BCUT2D eigenvalue weighted by Crippen LogP contribution is -2.60. The molecule has 1 aromatic rings. The zero-order valence-electron chi connectivity index (χ0n) is 10.5. The zero-order chi connectivity index (χ0) is 13.3. The number of nitrogens with zero attached hydrogens (tertiary/aromatic N) is 1. The number of amides is 1. The molecule has 0 aromatic heterocycles. The van der Waals surface area contributed by atoms with E-state index in [1.54, 1.807) is 4.90 Å². The van der Waals surface area contributed by atoms with Gasteiger partial charge in [0, 0.05) is 19.6 Å². The van der Waals surface area contributed by atoms with Crippen molar-refractivity contribution < 1.29 is 13.6 Å². The van der Waals surface area contributed by atoms with Crippen molar-refractivity contribution in [3.63, 3.8) is 0 Å². The summed E-state index contributed by atoms with van der Waals surface area (Å²) in [7, 11) is 0. The Kier molecular flexibility index (Phi) is 3.34. The number of piperazine rings is 1. The van der Waals surface area contributed by atoms with Gasteiger partial charge >= 0.3 is 0 Å². The number of hydrogen-bond donors (Lipinski definition) is 1. The van der Waals surface area contributed by atoms with E-state index in [-0.39, 0.29) is 5.56 Å². The highest BCUT2D eigenvalue weighted by molar-refractivity contribution is 5.95. The molecule has 0 spiro atoms. The van der Waals surface area contributed by atoms with Crippen LogP contribution in [0.4, 0.5) is 8.78 Å². The molecule has 0 bridgehead atoms. The third-order valence-electron chi connectivity index (χ3n) is 3.23. The highest BCUT2D eigenvalue weighted by Crippen LogP contribution is 2.21. The van der Waals surface area contributed by atoms with Crippen molar-refractivity contribution in [1.29, 1.82) is 0 Å². The number of hydrogen-bond acceptors (Lipinski definition) is 2. The first kappa shape index (κ1) is 13.0. The summed E-state index contributed by atoms with van der Waals surface area (Å²) in [5.41, 5.74) is -0.612. The molecular weight excluding hydrogens is 238 g/mol. The summed E-state index contributed by atoms with van der Waals surface area (Å²) in [5.74, 6) is -2.52. The van der Waals surface area contributed by atoms with Crippen LogP contribution in [0.3, 0.4) is 0 Å². The van der Waals surface area contributed by atoms with Gasteiger partial charge in [-0.25, -0.2) is 8.78 Å². The van der Waals surface area contributed by atoms with Crippen LogP contribution in [0.1, 0.15) is 24.2 Å². The minimum Gasteiger partial charge on any atom is -0.331 e. The monoisotopic (exact) mass is 254 g/mol. The second-order valence-electron chi connectivity index (χ2n) is 5.05. The SMILES string of the molecule is CC1(C)CNCCN1C(=O)c1cccc(F)c1F. The molecular formula is C13H16F2N2O. The highest BCUT2D eigenvalue weighted by atomic mass is 19.2. The molecule has 1 aromatic carbocycles. The Labute approximate surface area is 105 Å². The average Bonchev–Trinajstić information content (AvgIpc) is 2.31. The molecule has 18 heavy (non-hydrogen) atoms. The third kappa shape index (κ3) is 2.22. The zero-order valence-corrected chi connectivity index (χ0v) is 10.5. The summed E-state index contributed by atoms with van der Waals surface area (Å²) in [6.07, 6.45) is 0. The molecule has 1 saturated heterocycles. The quantitative estimate of drug-likeness (QED) is 0.828. The molecule has 98 valence electrons. The number of carbonyl (C=O) groups excluding carboxylic acids is 1. The maximum atomic E-state index is 13.6. The van der Waals surface area contributed by atoms with E-state index in [1.807, 2.05) is 13.8 Å². The number of nitrogens with one attached hydrogen (secondary N) is 1. The van der Waals surface area contributed by atoms with Crippen LogP contribution in [0.5, 0.6) is 0 Å². The van der Waals surface area contributed by atoms with E-state index in [0.717, 1.165) is 6.07 Å². The van der Waals surface area contributed by atoms with E-state index >= 15 is 0 Å². The van der Waals surface area contributed by atoms with Gasteiger partial charge in [-0.3, -0.25) is 4.79 Å². The van der Waals surface area contributed by atoms with Gasteiger partial charge in [0.1, 0.15) is 0 Å². The molecule has 2 rings (SSSR count). The van der Waals surface area contributed by atoms with E-state index in [0.29, 0.717) is 19.6 Å². The summed E-state index contributed by atoms with van der Waals surface area (Å²) in [4.78, 5) is 13.9. The fourth-order valence-electron chi connectivity index (χ4n) is 2.17. The average molecular weight is 254 g/mol. The van der Waals surface area contributed by atoms with E-state index in [2.05, 4.69) is 5.32 Å². The molecule has 1 amide bonds. The van der Waals surface area contributed by atoms with Gasteiger partial charge in [0.15, 0.2) is 11.6 Å². The fraction of sp³-hybridized carbons (Fsp3) is 0.462. The molecule has 1 aliphatic heterocycles. The molecule has 3 nitrogen and oxygen atoms in total. The van der Waals surface area contributed by atoms with Crippen LogP contribution in [0, 0.1) is 11.6 Å². The van der Waals surface area contributed by atoms with Gasteiger partial charge in [-0.05, 0) is 26.0 Å². The van der Waals surface area contributed by atoms with Gasteiger partial charge < -0.3 is 10.2 Å². The van der Waals surface area contributed by atoms with Gasteiger partial charge in [0.05, 0.1) is 11.1 Å². The van der Waals surface area contributed by atoms with E-state index in [4.69, 9.17) is 0 Å². The topological polar surface area (TPSA) is 32.3 Å². The molecule has 5 heteroatoms. The summed E-state index contributed by atoms with van der Waals surface area (Å²) in [5, 5.41) is 3.18. The Balaban J connectivity index is 2.33. The Morgan fingerprint density at radius 3 is 2.78 bits per heavy atom. The first-order valence-corrected chi connectivity index (χ1v) is 5.90. The van der Waals surface area contributed by atoms with Crippen molar-refractivity contribution in [2.24, 2.45) is 0 Å². The van der Waals surface area contributed by atoms with Crippen LogP contribution in [-0.4, -0.2) is 36.0 Å². The second-order valence-corrected chi connectivity index (χ2v) is 5.05. The lowest BCUT2D eigenvalue weighted by atomic mass is 9.98. The maximum absolute atomic E-state index is 13.6. The molecule has 1 N–H and O–H groups in total. The predicted molar refractivity (Wildman–Crippen MR) is 64.3 cm³/mol. The van der Waals surface area contributed by atoms with Crippen LogP contribution < -0.4 is 5.32 Å². The fourth-order valence-corrected chi connectivity index (χ4v) is 2.17. The summed E-state index contributed by atoms with van der Waals surface area (Å²) < 4.78 is 26.8. The molecule has 0 atom stereocenters. The maximum Gasteiger partial charge on any atom is 0.257 e. The Hall–Kier alpha value is -1.49. The minimum atomic E-state index is -1.07. The van der Waals surface area contributed by atoms with Crippen LogP contribution in [-0.2, 0) is 0 Å². The van der Waals surface area contributed by atoms with Crippen molar-refractivity contribution in [2.75, 3.05) is 19.6 Å². The Morgan fingerprint density at radius 2 is 2.11 bits per heavy atom. The summed E-state index contributed by atoms with van der Waals surface area (Å²) >= 11 is 0. The molecule has 0 unspecified atom stereocenters. The van der Waals surface area contributed by atoms with Gasteiger partial charge in [0.25, 0.3) is 5.91 Å². The van der Waals surface area contributed by atoms with Crippen molar-refractivity contribution >= 4 is 5.91 Å². The van der Waals surface area contributed by atoms with Gasteiger partial charge in [-0.2, -0.15) is 0 Å². The molecule has 0 saturated carbocycles. The van der Waals surface area contributed by atoms with E-state index < -0.39 is 23.1 Å².